The highest BCUT2D eigenvalue weighted by molar-refractivity contribution is 7.80. The molecule has 0 unspecified atom stereocenters. The van der Waals surface area contributed by atoms with E-state index in [0.717, 1.165) is 5.01 Å². The zero-order valence-corrected chi connectivity index (χ0v) is 6.98. The first-order valence-electron chi connectivity index (χ1n) is 3.13. The number of rotatable bonds is 1. The van der Waals surface area contributed by atoms with Crippen LogP contribution in [-0.4, -0.2) is 21.9 Å². The number of nitrogens with one attached hydrogen (secondary N) is 1. The minimum Gasteiger partial charge on any atom is -0.375 e. The van der Waals surface area contributed by atoms with Gasteiger partial charge in [0.25, 0.3) is 11.8 Å². The number of imide groups is 1. The molecule has 6 heteroatoms. The van der Waals surface area contributed by atoms with Gasteiger partial charge < -0.3 is 5.73 Å². The van der Waals surface area contributed by atoms with E-state index in [9.17, 15) is 9.59 Å². The van der Waals surface area contributed by atoms with E-state index in [1.807, 2.05) is 0 Å². The summed E-state index contributed by atoms with van der Waals surface area (Å²) in [5.41, 5.74) is 7.58. The van der Waals surface area contributed by atoms with Crippen LogP contribution in [0.1, 0.15) is 6.42 Å². The maximum absolute atomic E-state index is 11.1. The molecular weight excluding hydrogens is 178 g/mol. The van der Waals surface area contributed by atoms with Gasteiger partial charge in [-0.1, -0.05) is 6.58 Å². The van der Waals surface area contributed by atoms with Crippen LogP contribution in [0.4, 0.5) is 0 Å². The highest BCUT2D eigenvalue weighted by Gasteiger charge is 2.32. The summed E-state index contributed by atoms with van der Waals surface area (Å²) in [5.74, 6) is -0.870. The van der Waals surface area contributed by atoms with Crippen molar-refractivity contribution >= 4 is 29.1 Å². The molecule has 2 amide bonds. The van der Waals surface area contributed by atoms with Crippen molar-refractivity contribution in [3.63, 3.8) is 0 Å². The van der Waals surface area contributed by atoms with E-state index >= 15 is 0 Å². The van der Waals surface area contributed by atoms with E-state index in [-0.39, 0.29) is 17.1 Å². The monoisotopic (exact) mass is 185 g/mol. The van der Waals surface area contributed by atoms with Gasteiger partial charge in [0.1, 0.15) is 0 Å². The summed E-state index contributed by atoms with van der Waals surface area (Å²) in [7, 11) is 0. The van der Waals surface area contributed by atoms with Gasteiger partial charge >= 0.3 is 0 Å². The molecular formula is C6H7N3O2S. The Kier molecular flexibility index (Phi) is 2.09. The summed E-state index contributed by atoms with van der Waals surface area (Å²) in [4.78, 5) is 22.1. The van der Waals surface area contributed by atoms with Crippen LogP contribution in [0.3, 0.4) is 0 Å². The van der Waals surface area contributed by atoms with Crippen LogP contribution in [0.15, 0.2) is 12.2 Å². The molecule has 1 rings (SSSR count). The minimum atomic E-state index is -0.479. The summed E-state index contributed by atoms with van der Waals surface area (Å²) in [6.07, 6.45) is 0.0223. The van der Waals surface area contributed by atoms with Crippen LogP contribution in [0.5, 0.6) is 0 Å². The fourth-order valence-electron chi connectivity index (χ4n) is 0.832. The second kappa shape index (κ2) is 2.90. The van der Waals surface area contributed by atoms with E-state index in [2.05, 4.69) is 24.2 Å². The molecule has 12 heavy (non-hydrogen) atoms. The number of amides is 2. The molecule has 1 aliphatic heterocycles. The number of nitrogens with two attached hydrogens (primary N) is 1. The zero-order valence-electron chi connectivity index (χ0n) is 6.16. The van der Waals surface area contributed by atoms with Crippen LogP contribution in [0.2, 0.25) is 0 Å². The predicted molar refractivity (Wildman–Crippen MR) is 45.5 cm³/mol. The first-order valence-corrected chi connectivity index (χ1v) is 3.54. The van der Waals surface area contributed by atoms with Gasteiger partial charge in [0.05, 0.1) is 6.42 Å². The van der Waals surface area contributed by atoms with Gasteiger partial charge in [0.2, 0.25) is 0 Å². The van der Waals surface area contributed by atoms with Crippen LogP contribution in [0.25, 0.3) is 0 Å². The Morgan fingerprint density at radius 1 is 1.67 bits per heavy atom. The van der Waals surface area contributed by atoms with Gasteiger partial charge in [-0.15, -0.1) is 0 Å². The summed E-state index contributed by atoms with van der Waals surface area (Å²) in [5, 5.41) is 0.649. The molecule has 0 saturated carbocycles. The van der Waals surface area contributed by atoms with Crippen molar-refractivity contribution in [2.45, 2.75) is 6.42 Å². The minimum absolute atomic E-state index is 0.0223. The van der Waals surface area contributed by atoms with Gasteiger partial charge in [-0.2, -0.15) is 5.01 Å². The Bertz CT molecular complexity index is 287. The van der Waals surface area contributed by atoms with Crippen LogP contribution in [0, 0.1) is 0 Å². The third-order valence-corrected chi connectivity index (χ3v) is 1.43. The van der Waals surface area contributed by atoms with Crippen molar-refractivity contribution in [2.24, 2.45) is 5.73 Å². The SMILES string of the molecule is C=C1CC(=O)N(NC(N)=S)C1=O. The Morgan fingerprint density at radius 2 is 2.25 bits per heavy atom. The number of thiocarbonyl (C=S) groups is 1. The lowest BCUT2D eigenvalue weighted by Crippen LogP contribution is -2.47. The highest BCUT2D eigenvalue weighted by Crippen LogP contribution is 2.13. The quantitative estimate of drug-likeness (QED) is 0.313. The van der Waals surface area contributed by atoms with Crippen molar-refractivity contribution in [3.8, 4) is 0 Å². The molecule has 5 nitrogen and oxygen atoms in total. The summed E-state index contributed by atoms with van der Waals surface area (Å²) >= 11 is 4.47. The summed E-state index contributed by atoms with van der Waals surface area (Å²) in [6, 6.07) is 0. The average molecular weight is 185 g/mol. The van der Waals surface area contributed by atoms with Gasteiger partial charge in [0.15, 0.2) is 5.11 Å². The molecule has 1 fully saturated rings. The Morgan fingerprint density at radius 3 is 2.58 bits per heavy atom. The molecule has 0 aromatic rings. The van der Waals surface area contributed by atoms with Gasteiger partial charge in [0, 0.05) is 5.57 Å². The average Bonchev–Trinajstić information content (AvgIpc) is 2.16. The molecule has 0 bridgehead atoms. The first-order chi connectivity index (χ1) is 5.52. The standard InChI is InChI=1S/C6H7N3O2S/c1-3-2-4(10)9(5(3)11)8-6(7)12/h1-2H2,(H3,7,8,12). The normalized spacial score (nSPS) is 17.0. The van der Waals surface area contributed by atoms with Crippen LogP contribution < -0.4 is 11.2 Å². The number of hydrogen-bond acceptors (Lipinski definition) is 3. The smallest absolute Gasteiger partial charge is 0.275 e. The summed E-state index contributed by atoms with van der Waals surface area (Å²) in [6.45, 7) is 3.41. The Balaban J connectivity index is 2.77. The van der Waals surface area contributed by atoms with E-state index in [1.54, 1.807) is 0 Å². The van der Waals surface area contributed by atoms with E-state index in [4.69, 9.17) is 5.73 Å². The molecule has 1 heterocycles. The van der Waals surface area contributed by atoms with Crippen LogP contribution in [-0.2, 0) is 9.59 Å². The van der Waals surface area contributed by atoms with E-state index in [0.29, 0.717) is 0 Å². The zero-order chi connectivity index (χ0) is 9.30. The number of carbonyl (C=O) groups is 2. The fraction of sp³-hybridized carbons (Fsp3) is 0.167. The molecule has 0 aliphatic carbocycles. The number of carbonyl (C=O) groups excluding carboxylic acids is 2. The lowest BCUT2D eigenvalue weighted by atomic mass is 10.3. The Hall–Kier alpha value is -1.43. The molecule has 64 valence electrons. The molecule has 1 aliphatic rings. The maximum atomic E-state index is 11.1. The Labute approximate surface area is 74.2 Å². The molecule has 3 N–H and O–H groups in total. The van der Waals surface area contributed by atoms with Gasteiger partial charge in [-0.3, -0.25) is 15.0 Å². The van der Waals surface area contributed by atoms with Gasteiger partial charge in [-0.25, -0.2) is 0 Å². The molecule has 1 saturated heterocycles. The number of hydrazine groups is 1. The number of nitrogens with zero attached hydrogens (tertiary/aromatic N) is 1. The molecule has 0 aromatic heterocycles. The second-order valence-electron chi connectivity index (χ2n) is 2.29. The number of hydrogen-bond donors (Lipinski definition) is 2. The fourth-order valence-corrected chi connectivity index (χ4v) is 0.923. The van der Waals surface area contributed by atoms with E-state index in [1.165, 1.54) is 0 Å². The highest BCUT2D eigenvalue weighted by atomic mass is 32.1. The second-order valence-corrected chi connectivity index (χ2v) is 2.73. The lowest BCUT2D eigenvalue weighted by molar-refractivity contribution is -0.139. The maximum Gasteiger partial charge on any atom is 0.275 e. The third kappa shape index (κ3) is 1.42. The van der Waals surface area contributed by atoms with Crippen molar-refractivity contribution in [1.29, 1.82) is 0 Å². The largest absolute Gasteiger partial charge is 0.375 e. The lowest BCUT2D eigenvalue weighted by Gasteiger charge is -2.13. The molecule has 0 atom stereocenters. The topological polar surface area (TPSA) is 75.4 Å². The van der Waals surface area contributed by atoms with Gasteiger partial charge in [-0.05, 0) is 12.2 Å². The van der Waals surface area contributed by atoms with Crippen molar-refractivity contribution in [1.82, 2.24) is 10.4 Å². The first kappa shape index (κ1) is 8.66. The van der Waals surface area contributed by atoms with Crippen molar-refractivity contribution in [2.75, 3.05) is 0 Å². The van der Waals surface area contributed by atoms with Crippen molar-refractivity contribution < 1.29 is 9.59 Å². The molecule has 0 radical (unpaired) electrons. The van der Waals surface area contributed by atoms with Crippen molar-refractivity contribution in [3.05, 3.63) is 12.2 Å². The summed E-state index contributed by atoms with van der Waals surface area (Å²) < 4.78 is 0. The van der Waals surface area contributed by atoms with Crippen LogP contribution >= 0.6 is 12.2 Å². The third-order valence-electron chi connectivity index (χ3n) is 1.34. The molecule has 0 spiro atoms. The molecule has 0 aromatic carbocycles. The van der Waals surface area contributed by atoms with E-state index < -0.39 is 11.8 Å². The predicted octanol–water partition coefficient (Wildman–Crippen LogP) is -0.950.